The summed E-state index contributed by atoms with van der Waals surface area (Å²) in [5.41, 5.74) is 4.30. The van der Waals surface area contributed by atoms with Crippen molar-refractivity contribution in [1.29, 1.82) is 0 Å². The molecule has 18 heavy (non-hydrogen) atoms. The van der Waals surface area contributed by atoms with Crippen molar-refractivity contribution in [3.63, 3.8) is 0 Å². The van der Waals surface area contributed by atoms with E-state index in [-0.39, 0.29) is 25.5 Å². The Morgan fingerprint density at radius 3 is 2.39 bits per heavy atom. The molecule has 0 heterocycles. The molecular formula is C11H23N3O4. The lowest BCUT2D eigenvalue weighted by Crippen LogP contribution is -2.46. The largest absolute Gasteiger partial charge is 0.396 e. The fourth-order valence-electron chi connectivity index (χ4n) is 1.14. The van der Waals surface area contributed by atoms with Crippen LogP contribution in [0.3, 0.4) is 0 Å². The van der Waals surface area contributed by atoms with Crippen molar-refractivity contribution in [3.05, 3.63) is 0 Å². The quantitative estimate of drug-likeness (QED) is 0.344. The molecule has 0 rings (SSSR count). The van der Waals surface area contributed by atoms with Crippen LogP contribution in [0.25, 0.3) is 0 Å². The zero-order valence-electron chi connectivity index (χ0n) is 10.9. The monoisotopic (exact) mass is 261 g/mol. The number of carbonyl (C=O) groups excluding carboxylic acids is 2. The molecule has 1 atom stereocenters. The predicted molar refractivity (Wildman–Crippen MR) is 66.6 cm³/mol. The number of carbonyl (C=O) groups is 2. The molecule has 0 saturated heterocycles. The van der Waals surface area contributed by atoms with Gasteiger partial charge in [0.05, 0.1) is 6.61 Å². The normalized spacial score (nSPS) is 12.9. The van der Waals surface area contributed by atoms with Gasteiger partial charge in [0, 0.05) is 31.5 Å². The van der Waals surface area contributed by atoms with Gasteiger partial charge in [0.1, 0.15) is 6.10 Å². The Morgan fingerprint density at radius 2 is 1.89 bits per heavy atom. The van der Waals surface area contributed by atoms with Crippen LogP contribution in [0.4, 0.5) is 0 Å². The van der Waals surface area contributed by atoms with Crippen LogP contribution in [0.2, 0.25) is 0 Å². The molecule has 0 fully saturated rings. The summed E-state index contributed by atoms with van der Waals surface area (Å²) in [5.74, 6) is -0.808. The minimum Gasteiger partial charge on any atom is -0.396 e. The maximum absolute atomic E-state index is 11.5. The van der Waals surface area contributed by atoms with Crippen molar-refractivity contribution in [1.82, 2.24) is 10.6 Å². The van der Waals surface area contributed by atoms with Gasteiger partial charge < -0.3 is 26.6 Å². The SMILES string of the molecule is CC(C)(CO)C(O)C(=O)NCCC(=O)NCCN. The molecule has 7 heteroatoms. The van der Waals surface area contributed by atoms with Crippen molar-refractivity contribution >= 4 is 11.8 Å². The van der Waals surface area contributed by atoms with E-state index in [0.29, 0.717) is 13.1 Å². The highest BCUT2D eigenvalue weighted by Gasteiger charge is 2.32. The van der Waals surface area contributed by atoms with E-state index in [0.717, 1.165) is 0 Å². The van der Waals surface area contributed by atoms with E-state index in [1.807, 2.05) is 0 Å². The molecule has 0 spiro atoms. The molecule has 0 aromatic rings. The Bertz CT molecular complexity index is 281. The van der Waals surface area contributed by atoms with Crippen molar-refractivity contribution in [2.24, 2.45) is 11.1 Å². The lowest BCUT2D eigenvalue weighted by molar-refractivity contribution is -0.137. The molecule has 1 unspecified atom stereocenters. The van der Waals surface area contributed by atoms with Gasteiger partial charge in [0.25, 0.3) is 0 Å². The number of hydrogen-bond acceptors (Lipinski definition) is 5. The van der Waals surface area contributed by atoms with Crippen LogP contribution in [0.15, 0.2) is 0 Å². The first-order valence-electron chi connectivity index (χ1n) is 5.88. The van der Waals surface area contributed by atoms with Crippen molar-refractivity contribution in [2.45, 2.75) is 26.4 Å². The van der Waals surface area contributed by atoms with Crippen molar-refractivity contribution in [2.75, 3.05) is 26.2 Å². The fraction of sp³-hybridized carbons (Fsp3) is 0.818. The molecule has 6 N–H and O–H groups in total. The smallest absolute Gasteiger partial charge is 0.249 e. The minimum absolute atomic E-state index is 0.123. The van der Waals surface area contributed by atoms with Crippen LogP contribution < -0.4 is 16.4 Å². The third-order valence-electron chi connectivity index (χ3n) is 2.51. The zero-order valence-corrected chi connectivity index (χ0v) is 10.9. The minimum atomic E-state index is -1.31. The van der Waals surface area contributed by atoms with Gasteiger partial charge in [0.2, 0.25) is 11.8 Å². The summed E-state index contributed by atoms with van der Waals surface area (Å²) in [4.78, 5) is 22.7. The highest BCUT2D eigenvalue weighted by atomic mass is 16.3. The maximum Gasteiger partial charge on any atom is 0.249 e. The number of aliphatic hydroxyl groups excluding tert-OH is 2. The number of aliphatic hydroxyl groups is 2. The molecule has 0 saturated carbocycles. The van der Waals surface area contributed by atoms with Gasteiger partial charge in [-0.05, 0) is 0 Å². The summed E-state index contributed by atoms with van der Waals surface area (Å²) in [6.07, 6.45) is -1.19. The molecule has 0 bridgehead atoms. The van der Waals surface area contributed by atoms with Crippen LogP contribution in [-0.2, 0) is 9.59 Å². The van der Waals surface area contributed by atoms with E-state index in [4.69, 9.17) is 10.8 Å². The summed E-state index contributed by atoms with van der Waals surface area (Å²) in [6.45, 7) is 3.73. The van der Waals surface area contributed by atoms with Gasteiger partial charge in [-0.15, -0.1) is 0 Å². The highest BCUT2D eigenvalue weighted by Crippen LogP contribution is 2.19. The molecule has 0 aliphatic heterocycles. The second kappa shape index (κ2) is 8.02. The van der Waals surface area contributed by atoms with Crippen LogP contribution in [-0.4, -0.2) is 54.4 Å². The van der Waals surface area contributed by atoms with Gasteiger partial charge in [-0.2, -0.15) is 0 Å². The fourth-order valence-corrected chi connectivity index (χ4v) is 1.14. The average Bonchev–Trinajstić information content (AvgIpc) is 2.35. The Kier molecular flexibility index (Phi) is 7.49. The average molecular weight is 261 g/mol. The lowest BCUT2D eigenvalue weighted by atomic mass is 9.87. The van der Waals surface area contributed by atoms with Gasteiger partial charge in [-0.1, -0.05) is 13.8 Å². The summed E-state index contributed by atoms with van der Waals surface area (Å²) in [6, 6.07) is 0. The van der Waals surface area contributed by atoms with E-state index in [9.17, 15) is 14.7 Å². The number of nitrogens with two attached hydrogens (primary N) is 1. The third kappa shape index (κ3) is 5.95. The summed E-state index contributed by atoms with van der Waals surface area (Å²) in [7, 11) is 0. The second-order valence-corrected chi connectivity index (χ2v) is 4.73. The predicted octanol–water partition coefficient (Wildman–Crippen LogP) is -2.05. The first-order valence-corrected chi connectivity index (χ1v) is 5.88. The van der Waals surface area contributed by atoms with Gasteiger partial charge in [-0.25, -0.2) is 0 Å². The van der Waals surface area contributed by atoms with Gasteiger partial charge in [0.15, 0.2) is 0 Å². The van der Waals surface area contributed by atoms with Gasteiger partial charge in [-0.3, -0.25) is 9.59 Å². The van der Waals surface area contributed by atoms with Crippen molar-refractivity contribution < 1.29 is 19.8 Å². The van der Waals surface area contributed by atoms with E-state index < -0.39 is 17.4 Å². The van der Waals surface area contributed by atoms with E-state index in [2.05, 4.69) is 10.6 Å². The molecule has 2 amide bonds. The first-order chi connectivity index (χ1) is 8.35. The Labute approximate surface area is 107 Å². The Morgan fingerprint density at radius 1 is 1.28 bits per heavy atom. The topological polar surface area (TPSA) is 125 Å². The molecule has 0 aliphatic rings. The van der Waals surface area contributed by atoms with E-state index >= 15 is 0 Å². The standard InChI is InChI=1S/C11H23N3O4/c1-11(2,7-15)9(17)10(18)14-5-3-8(16)13-6-4-12/h9,15,17H,3-7,12H2,1-2H3,(H,13,16)(H,14,18). The summed E-state index contributed by atoms with van der Waals surface area (Å²) >= 11 is 0. The van der Waals surface area contributed by atoms with Crippen LogP contribution in [0, 0.1) is 5.41 Å². The summed E-state index contributed by atoms with van der Waals surface area (Å²) < 4.78 is 0. The molecule has 0 radical (unpaired) electrons. The highest BCUT2D eigenvalue weighted by molar-refractivity contribution is 5.82. The maximum atomic E-state index is 11.5. The lowest BCUT2D eigenvalue weighted by Gasteiger charge is -2.27. The van der Waals surface area contributed by atoms with Crippen LogP contribution in [0.1, 0.15) is 20.3 Å². The molecule has 0 aliphatic carbocycles. The Hall–Kier alpha value is -1.18. The molecule has 106 valence electrons. The molecular weight excluding hydrogens is 238 g/mol. The molecule has 7 nitrogen and oxygen atoms in total. The Balaban J connectivity index is 3.94. The number of amides is 2. The molecule has 0 aromatic heterocycles. The number of hydrogen-bond donors (Lipinski definition) is 5. The van der Waals surface area contributed by atoms with E-state index in [1.165, 1.54) is 0 Å². The summed E-state index contributed by atoms with van der Waals surface area (Å²) in [5, 5.41) is 23.7. The van der Waals surface area contributed by atoms with Gasteiger partial charge >= 0.3 is 0 Å². The third-order valence-corrected chi connectivity index (χ3v) is 2.51. The first kappa shape index (κ1) is 16.8. The van der Waals surface area contributed by atoms with E-state index in [1.54, 1.807) is 13.8 Å². The molecule has 0 aromatic carbocycles. The van der Waals surface area contributed by atoms with Crippen LogP contribution >= 0.6 is 0 Å². The van der Waals surface area contributed by atoms with Crippen LogP contribution in [0.5, 0.6) is 0 Å². The zero-order chi connectivity index (χ0) is 14.2. The van der Waals surface area contributed by atoms with Crippen molar-refractivity contribution in [3.8, 4) is 0 Å². The second-order valence-electron chi connectivity index (χ2n) is 4.73. The number of rotatable bonds is 8. The number of nitrogens with one attached hydrogen (secondary N) is 2.